The minimum Gasteiger partial charge on any atom is -0.385 e. The van der Waals surface area contributed by atoms with Crippen molar-refractivity contribution in [3.8, 4) is 0 Å². The van der Waals surface area contributed by atoms with Gasteiger partial charge >= 0.3 is 0 Å². The van der Waals surface area contributed by atoms with E-state index in [9.17, 15) is 4.79 Å². The van der Waals surface area contributed by atoms with Crippen LogP contribution in [0.25, 0.3) is 10.9 Å². The number of nitrogens with zero attached hydrogens (tertiary/aromatic N) is 1. The molecule has 1 heterocycles. The Bertz CT molecular complexity index is 829. The summed E-state index contributed by atoms with van der Waals surface area (Å²) in [4.78, 5) is 16.8. The van der Waals surface area contributed by atoms with E-state index in [0.29, 0.717) is 11.3 Å². The van der Waals surface area contributed by atoms with Crippen molar-refractivity contribution in [3.05, 3.63) is 66.4 Å². The average molecular weight is 305 g/mol. The minimum absolute atomic E-state index is 0.137. The van der Waals surface area contributed by atoms with E-state index in [-0.39, 0.29) is 5.91 Å². The predicted octanol–water partition coefficient (Wildman–Crippen LogP) is 4.31. The molecule has 0 aliphatic heterocycles. The predicted molar refractivity (Wildman–Crippen MR) is 94.9 cm³/mol. The molecule has 0 saturated carbocycles. The number of amides is 1. The summed E-state index contributed by atoms with van der Waals surface area (Å²) in [6, 6.07) is 17.3. The molecule has 2 aromatic carbocycles. The molecule has 2 N–H and O–H groups in total. The zero-order valence-corrected chi connectivity index (χ0v) is 13.0. The molecular formula is C19H19N3O. The molecule has 116 valence electrons. The zero-order chi connectivity index (χ0) is 16.1. The van der Waals surface area contributed by atoms with Gasteiger partial charge in [-0.1, -0.05) is 31.2 Å². The van der Waals surface area contributed by atoms with E-state index in [1.165, 1.54) is 0 Å². The number of hydrogen-bond acceptors (Lipinski definition) is 3. The van der Waals surface area contributed by atoms with Crippen molar-refractivity contribution in [3.63, 3.8) is 0 Å². The maximum atomic E-state index is 12.4. The molecule has 4 heteroatoms. The Labute approximate surface area is 135 Å². The Morgan fingerprint density at radius 3 is 2.78 bits per heavy atom. The first-order chi connectivity index (χ1) is 11.3. The average Bonchev–Trinajstić information content (AvgIpc) is 2.60. The number of benzene rings is 2. The van der Waals surface area contributed by atoms with Crippen molar-refractivity contribution in [2.75, 3.05) is 17.2 Å². The number of nitrogens with one attached hydrogen (secondary N) is 2. The monoisotopic (exact) mass is 305 g/mol. The lowest BCUT2D eigenvalue weighted by molar-refractivity contribution is 0.102. The molecule has 3 aromatic rings. The second-order valence-corrected chi connectivity index (χ2v) is 5.38. The number of anilines is 2. The van der Waals surface area contributed by atoms with Crippen molar-refractivity contribution in [1.29, 1.82) is 0 Å². The standard InChI is InChI=1S/C19H19N3O/c1-2-10-20-16-8-5-7-15(12-16)19(23)22-17-11-14-6-3-4-9-18(14)21-13-17/h3-9,11-13,20H,2,10H2,1H3,(H,22,23). The summed E-state index contributed by atoms with van der Waals surface area (Å²) in [5.41, 5.74) is 3.19. The maximum absolute atomic E-state index is 12.4. The summed E-state index contributed by atoms with van der Waals surface area (Å²) in [5.74, 6) is -0.137. The van der Waals surface area contributed by atoms with Gasteiger partial charge in [0.2, 0.25) is 0 Å². The Morgan fingerprint density at radius 2 is 1.91 bits per heavy atom. The Morgan fingerprint density at radius 1 is 1.04 bits per heavy atom. The van der Waals surface area contributed by atoms with Crippen molar-refractivity contribution in [2.45, 2.75) is 13.3 Å². The highest BCUT2D eigenvalue weighted by Crippen LogP contribution is 2.17. The second kappa shape index (κ2) is 6.92. The second-order valence-electron chi connectivity index (χ2n) is 5.38. The highest BCUT2D eigenvalue weighted by atomic mass is 16.1. The number of carbonyl (C=O) groups excluding carboxylic acids is 1. The quantitative estimate of drug-likeness (QED) is 0.738. The number of para-hydroxylation sites is 1. The molecule has 0 aliphatic carbocycles. The molecule has 0 aliphatic rings. The van der Waals surface area contributed by atoms with Gasteiger partial charge in [0.25, 0.3) is 5.91 Å². The van der Waals surface area contributed by atoms with Gasteiger partial charge < -0.3 is 10.6 Å². The maximum Gasteiger partial charge on any atom is 0.255 e. The van der Waals surface area contributed by atoms with Crippen molar-refractivity contribution in [2.24, 2.45) is 0 Å². The van der Waals surface area contributed by atoms with Gasteiger partial charge in [-0.3, -0.25) is 9.78 Å². The van der Waals surface area contributed by atoms with Gasteiger partial charge in [-0.05, 0) is 36.8 Å². The normalized spacial score (nSPS) is 10.5. The largest absolute Gasteiger partial charge is 0.385 e. The molecule has 23 heavy (non-hydrogen) atoms. The molecule has 1 aromatic heterocycles. The molecule has 0 radical (unpaired) electrons. The van der Waals surface area contributed by atoms with Gasteiger partial charge in [0.05, 0.1) is 17.4 Å². The van der Waals surface area contributed by atoms with Crippen LogP contribution in [0.2, 0.25) is 0 Å². The minimum atomic E-state index is -0.137. The summed E-state index contributed by atoms with van der Waals surface area (Å²) in [5, 5.41) is 7.19. The van der Waals surface area contributed by atoms with Gasteiger partial charge in [-0.25, -0.2) is 0 Å². The third-order valence-electron chi connectivity index (χ3n) is 3.55. The van der Waals surface area contributed by atoms with Crippen LogP contribution >= 0.6 is 0 Å². The van der Waals surface area contributed by atoms with Crippen LogP contribution in [0.4, 0.5) is 11.4 Å². The van der Waals surface area contributed by atoms with E-state index < -0.39 is 0 Å². The number of carbonyl (C=O) groups is 1. The Balaban J connectivity index is 1.77. The van der Waals surface area contributed by atoms with Crippen molar-refractivity contribution in [1.82, 2.24) is 4.98 Å². The molecule has 4 nitrogen and oxygen atoms in total. The van der Waals surface area contributed by atoms with Crippen LogP contribution in [0.5, 0.6) is 0 Å². The SMILES string of the molecule is CCCNc1cccc(C(=O)Nc2cnc3ccccc3c2)c1. The van der Waals surface area contributed by atoms with E-state index in [1.807, 2.05) is 48.5 Å². The highest BCUT2D eigenvalue weighted by molar-refractivity contribution is 6.05. The van der Waals surface area contributed by atoms with E-state index in [4.69, 9.17) is 0 Å². The third-order valence-corrected chi connectivity index (χ3v) is 3.55. The molecule has 0 bridgehead atoms. The first-order valence-electron chi connectivity index (χ1n) is 7.76. The molecular weight excluding hydrogens is 286 g/mol. The lowest BCUT2D eigenvalue weighted by Gasteiger charge is -2.09. The fraction of sp³-hybridized carbons (Fsp3) is 0.158. The van der Waals surface area contributed by atoms with Crippen LogP contribution in [-0.4, -0.2) is 17.4 Å². The topological polar surface area (TPSA) is 54.0 Å². The van der Waals surface area contributed by atoms with Crippen LogP contribution in [0.3, 0.4) is 0 Å². The smallest absolute Gasteiger partial charge is 0.255 e. The first-order valence-corrected chi connectivity index (χ1v) is 7.76. The van der Waals surface area contributed by atoms with E-state index in [0.717, 1.165) is 29.6 Å². The van der Waals surface area contributed by atoms with Crippen LogP contribution in [0.1, 0.15) is 23.7 Å². The first kappa shape index (κ1) is 15.0. The third kappa shape index (κ3) is 3.66. The summed E-state index contributed by atoms with van der Waals surface area (Å²) < 4.78 is 0. The highest BCUT2D eigenvalue weighted by Gasteiger charge is 2.07. The van der Waals surface area contributed by atoms with Crippen LogP contribution in [-0.2, 0) is 0 Å². The molecule has 1 amide bonds. The van der Waals surface area contributed by atoms with Gasteiger partial charge in [-0.15, -0.1) is 0 Å². The lowest BCUT2D eigenvalue weighted by Crippen LogP contribution is -2.12. The molecule has 0 atom stereocenters. The summed E-state index contributed by atoms with van der Waals surface area (Å²) in [6.45, 7) is 3.00. The van der Waals surface area contributed by atoms with Gasteiger partial charge in [-0.2, -0.15) is 0 Å². The van der Waals surface area contributed by atoms with Gasteiger partial charge in [0, 0.05) is 23.2 Å². The van der Waals surface area contributed by atoms with Crippen molar-refractivity contribution < 1.29 is 4.79 Å². The van der Waals surface area contributed by atoms with E-state index in [1.54, 1.807) is 12.3 Å². The molecule has 3 rings (SSSR count). The number of aromatic nitrogens is 1. The fourth-order valence-corrected chi connectivity index (χ4v) is 2.38. The lowest BCUT2D eigenvalue weighted by atomic mass is 10.1. The molecule has 0 saturated heterocycles. The van der Waals surface area contributed by atoms with Gasteiger partial charge in [0.1, 0.15) is 0 Å². The number of pyridine rings is 1. The van der Waals surface area contributed by atoms with E-state index >= 15 is 0 Å². The Hall–Kier alpha value is -2.88. The number of hydrogen-bond donors (Lipinski definition) is 2. The van der Waals surface area contributed by atoms with Crippen LogP contribution < -0.4 is 10.6 Å². The number of rotatable bonds is 5. The summed E-state index contributed by atoms with van der Waals surface area (Å²) in [7, 11) is 0. The molecule has 0 spiro atoms. The van der Waals surface area contributed by atoms with Crippen LogP contribution in [0.15, 0.2) is 60.8 Å². The van der Waals surface area contributed by atoms with E-state index in [2.05, 4.69) is 22.5 Å². The number of fused-ring (bicyclic) bond motifs is 1. The summed E-state index contributed by atoms with van der Waals surface area (Å²) >= 11 is 0. The zero-order valence-electron chi connectivity index (χ0n) is 13.0. The molecule has 0 unspecified atom stereocenters. The summed E-state index contributed by atoms with van der Waals surface area (Å²) in [6.07, 6.45) is 2.72. The Kier molecular flexibility index (Phi) is 4.52. The van der Waals surface area contributed by atoms with Gasteiger partial charge in [0.15, 0.2) is 0 Å². The molecule has 0 fully saturated rings. The van der Waals surface area contributed by atoms with Crippen LogP contribution in [0, 0.1) is 0 Å². The van der Waals surface area contributed by atoms with Crippen molar-refractivity contribution >= 4 is 28.2 Å². The fourth-order valence-electron chi connectivity index (χ4n) is 2.38.